The van der Waals surface area contributed by atoms with Crippen LogP contribution in [-0.2, 0) is 17.8 Å². The van der Waals surface area contributed by atoms with Crippen LogP contribution in [0.15, 0.2) is 42.5 Å². The molecule has 1 N–H and O–H groups in total. The van der Waals surface area contributed by atoms with E-state index in [2.05, 4.69) is 5.32 Å². The summed E-state index contributed by atoms with van der Waals surface area (Å²) >= 11 is 0. The fourth-order valence-electron chi connectivity index (χ4n) is 3.39. The summed E-state index contributed by atoms with van der Waals surface area (Å²) in [6, 6.07) is 10.7. The largest absolute Gasteiger partial charge is 0.477 e. The zero-order chi connectivity index (χ0) is 22.1. The van der Waals surface area contributed by atoms with Crippen molar-refractivity contribution < 1.29 is 19.4 Å². The molecule has 1 aliphatic heterocycles. The molecule has 3 rings (SSSR count). The van der Waals surface area contributed by atoms with Crippen LogP contribution in [-0.4, -0.2) is 39.4 Å². The molecule has 30 heavy (non-hydrogen) atoms. The Morgan fingerprint density at radius 2 is 1.63 bits per heavy atom. The molecule has 1 saturated heterocycles. The molecule has 0 saturated carbocycles. The van der Waals surface area contributed by atoms with Crippen molar-refractivity contribution in [3.63, 3.8) is 0 Å². The number of amides is 1. The van der Waals surface area contributed by atoms with E-state index in [9.17, 15) is 25.0 Å². The molecule has 0 radical (unpaired) electrons. The zero-order valence-corrected chi connectivity index (χ0v) is 16.8. The Balaban J connectivity index is 1.94. The molecule has 0 bridgehead atoms. The number of likely N-dealkylation sites (N-methyl/N-ethyl adjacent to an activating group) is 1. The minimum absolute atomic E-state index is 0.0521. The Hall–Kier alpha value is -3.53. The van der Waals surface area contributed by atoms with Crippen LogP contribution in [0, 0.1) is 20.2 Å². The zero-order valence-electron chi connectivity index (χ0n) is 16.8. The van der Waals surface area contributed by atoms with E-state index in [0.717, 1.165) is 5.56 Å². The van der Waals surface area contributed by atoms with Gasteiger partial charge in [-0.15, -0.1) is 0 Å². The molecule has 1 atom stereocenters. The maximum Gasteiger partial charge on any atom is 0.318 e. The van der Waals surface area contributed by atoms with Crippen molar-refractivity contribution in [1.82, 2.24) is 10.2 Å². The average molecular weight is 414 g/mol. The number of carbonyl (C=O) groups excluding carboxylic acids is 1. The second-order valence-corrected chi connectivity index (χ2v) is 7.61. The highest BCUT2D eigenvalue weighted by Crippen LogP contribution is 2.39. The summed E-state index contributed by atoms with van der Waals surface area (Å²) in [4.78, 5) is 35.8. The molecule has 158 valence electrons. The molecule has 2 aromatic carbocycles. The van der Waals surface area contributed by atoms with Crippen molar-refractivity contribution in [2.75, 3.05) is 7.05 Å². The summed E-state index contributed by atoms with van der Waals surface area (Å²) in [5.41, 5.74) is -0.576. The maximum atomic E-state index is 12.5. The minimum Gasteiger partial charge on any atom is -0.477 e. The lowest BCUT2D eigenvalue weighted by Crippen LogP contribution is -2.45. The number of hydrogen-bond donors (Lipinski definition) is 1. The number of carbonyl (C=O) groups is 1. The van der Waals surface area contributed by atoms with Crippen molar-refractivity contribution in [2.24, 2.45) is 0 Å². The number of rotatable bonds is 7. The molecular formula is C20H22N4O6. The minimum atomic E-state index is -0.712. The predicted octanol–water partition coefficient (Wildman–Crippen LogP) is 2.79. The van der Waals surface area contributed by atoms with Gasteiger partial charge in [-0.25, -0.2) is 0 Å². The van der Waals surface area contributed by atoms with E-state index in [1.54, 1.807) is 37.4 Å². The van der Waals surface area contributed by atoms with Gasteiger partial charge in [-0.1, -0.05) is 30.3 Å². The summed E-state index contributed by atoms with van der Waals surface area (Å²) in [5, 5.41) is 26.4. The normalized spacial score (nSPS) is 17.8. The number of nitro groups is 2. The Kier molecular flexibility index (Phi) is 5.70. The summed E-state index contributed by atoms with van der Waals surface area (Å²) in [6.45, 7) is 3.61. The molecule has 1 aliphatic rings. The molecule has 0 aliphatic carbocycles. The van der Waals surface area contributed by atoms with Gasteiger partial charge in [0, 0.05) is 19.2 Å². The van der Waals surface area contributed by atoms with Gasteiger partial charge < -0.3 is 9.64 Å². The van der Waals surface area contributed by atoms with Gasteiger partial charge >= 0.3 is 11.4 Å². The topological polar surface area (TPSA) is 128 Å². The Morgan fingerprint density at radius 1 is 1.07 bits per heavy atom. The van der Waals surface area contributed by atoms with Crippen LogP contribution in [0.5, 0.6) is 5.75 Å². The third-order valence-corrected chi connectivity index (χ3v) is 5.16. The van der Waals surface area contributed by atoms with Gasteiger partial charge in [0.05, 0.1) is 21.6 Å². The molecule has 1 heterocycles. The van der Waals surface area contributed by atoms with E-state index in [1.165, 1.54) is 17.0 Å². The highest BCUT2D eigenvalue weighted by molar-refractivity contribution is 5.85. The van der Waals surface area contributed by atoms with E-state index in [0.29, 0.717) is 5.56 Å². The van der Waals surface area contributed by atoms with Crippen LogP contribution in [0.25, 0.3) is 0 Å². The van der Waals surface area contributed by atoms with Gasteiger partial charge in [-0.3, -0.25) is 30.3 Å². The first-order chi connectivity index (χ1) is 14.1. The molecule has 2 aromatic rings. The van der Waals surface area contributed by atoms with Crippen molar-refractivity contribution in [3.8, 4) is 5.75 Å². The Bertz CT molecular complexity index is 957. The predicted molar refractivity (Wildman–Crippen MR) is 108 cm³/mol. The quantitative estimate of drug-likeness (QED) is 0.545. The molecule has 0 spiro atoms. The van der Waals surface area contributed by atoms with E-state index < -0.39 is 38.7 Å². The third-order valence-electron chi connectivity index (χ3n) is 5.16. The van der Waals surface area contributed by atoms with Crippen LogP contribution in [0.3, 0.4) is 0 Å². The van der Waals surface area contributed by atoms with Gasteiger partial charge in [0.25, 0.3) is 5.75 Å². The first-order valence-corrected chi connectivity index (χ1v) is 9.28. The average Bonchev–Trinajstić information content (AvgIpc) is 2.89. The van der Waals surface area contributed by atoms with Crippen LogP contribution >= 0.6 is 0 Å². The number of nitrogens with zero attached hydrogens (tertiary/aromatic N) is 3. The van der Waals surface area contributed by atoms with E-state index in [-0.39, 0.29) is 18.9 Å². The van der Waals surface area contributed by atoms with Gasteiger partial charge in [-0.05, 0) is 31.4 Å². The Morgan fingerprint density at radius 3 is 2.10 bits per heavy atom. The number of ether oxygens (including phenoxy) is 1. The Labute approximate surface area is 172 Å². The molecule has 10 nitrogen and oxygen atoms in total. The van der Waals surface area contributed by atoms with Crippen molar-refractivity contribution in [3.05, 3.63) is 73.8 Å². The third kappa shape index (κ3) is 4.23. The molecule has 0 aromatic heterocycles. The fraction of sp³-hybridized carbons (Fsp3) is 0.350. The fourth-order valence-corrected chi connectivity index (χ4v) is 3.39. The lowest BCUT2D eigenvalue weighted by atomic mass is 10.0. The van der Waals surface area contributed by atoms with Crippen molar-refractivity contribution >= 4 is 17.3 Å². The number of nitrogens with one attached hydrogen (secondary N) is 1. The molecule has 10 heteroatoms. The molecular weight excluding hydrogens is 392 g/mol. The van der Waals surface area contributed by atoms with Crippen LogP contribution in [0.1, 0.15) is 25.0 Å². The summed E-state index contributed by atoms with van der Waals surface area (Å²) in [6.07, 6.45) is 0.0766. The summed E-state index contributed by atoms with van der Waals surface area (Å²) < 4.78 is 5.50. The second-order valence-electron chi connectivity index (χ2n) is 7.61. The SMILES string of the molecule is CN1C(=O)[C@H](Cc2cc([N+](=O)[O-])c(OCc3ccccc3)c([N+](=O)[O-])c2)NC1(C)C. The summed E-state index contributed by atoms with van der Waals surface area (Å²) in [7, 11) is 1.65. The number of hydrogen-bond acceptors (Lipinski definition) is 7. The maximum absolute atomic E-state index is 12.5. The number of benzene rings is 2. The van der Waals surface area contributed by atoms with E-state index >= 15 is 0 Å². The highest BCUT2D eigenvalue weighted by atomic mass is 16.6. The monoisotopic (exact) mass is 414 g/mol. The highest BCUT2D eigenvalue weighted by Gasteiger charge is 2.42. The lowest BCUT2D eigenvalue weighted by molar-refractivity contribution is -0.396. The van der Waals surface area contributed by atoms with Crippen molar-refractivity contribution in [1.29, 1.82) is 0 Å². The van der Waals surface area contributed by atoms with Crippen LogP contribution in [0.2, 0.25) is 0 Å². The second kappa shape index (κ2) is 8.07. The van der Waals surface area contributed by atoms with E-state index in [1.807, 2.05) is 13.8 Å². The smallest absolute Gasteiger partial charge is 0.318 e. The molecule has 1 fully saturated rings. The summed E-state index contributed by atoms with van der Waals surface area (Å²) in [5.74, 6) is -0.588. The lowest BCUT2D eigenvalue weighted by Gasteiger charge is -2.27. The first-order valence-electron chi connectivity index (χ1n) is 9.28. The van der Waals surface area contributed by atoms with E-state index in [4.69, 9.17) is 4.74 Å². The van der Waals surface area contributed by atoms with Gasteiger partial charge in [0.2, 0.25) is 5.91 Å². The number of nitro benzene ring substituents is 2. The first kappa shape index (κ1) is 21.2. The van der Waals surface area contributed by atoms with Gasteiger partial charge in [0.1, 0.15) is 6.61 Å². The van der Waals surface area contributed by atoms with Crippen LogP contribution < -0.4 is 10.1 Å². The van der Waals surface area contributed by atoms with Gasteiger partial charge in [0.15, 0.2) is 0 Å². The molecule has 0 unspecified atom stereocenters. The standard InChI is InChI=1S/C20H22N4O6/c1-20(2)21-15(19(25)22(20)3)9-14-10-16(23(26)27)18(17(11-14)24(28)29)30-12-13-7-5-4-6-8-13/h4-8,10-11,15,21H,9,12H2,1-3H3/t15-/m0/s1. The van der Waals surface area contributed by atoms with Crippen LogP contribution in [0.4, 0.5) is 11.4 Å². The molecule has 1 amide bonds. The van der Waals surface area contributed by atoms with Crippen molar-refractivity contribution in [2.45, 2.75) is 38.6 Å². The van der Waals surface area contributed by atoms with Gasteiger partial charge in [-0.2, -0.15) is 0 Å².